The molecule has 170 valence electrons. The Morgan fingerprint density at radius 1 is 0.500 bits per heavy atom. The van der Waals surface area contributed by atoms with E-state index in [4.69, 9.17) is 8.83 Å². The first-order valence-electron chi connectivity index (χ1n) is 11.0. The molecule has 0 unspecified atom stereocenters. The second-order valence-corrected chi connectivity index (χ2v) is 7.92. The van der Waals surface area contributed by atoms with Crippen LogP contribution < -0.4 is 0 Å². The smallest absolute Gasteiger partial charge is 0.267 e. The molecule has 7 aromatic rings. The molecule has 0 N–H and O–H groups in total. The molecule has 6 heterocycles. The number of aromatic nitrogens is 8. The maximum Gasteiger partial charge on any atom is 0.267 e. The van der Waals surface area contributed by atoms with Gasteiger partial charge >= 0.3 is 0 Å². The van der Waals surface area contributed by atoms with Crippen LogP contribution in [0.15, 0.2) is 94.5 Å². The molecule has 10 nitrogen and oxygen atoms in total. The molecule has 0 saturated heterocycles. The highest BCUT2D eigenvalue weighted by Gasteiger charge is 2.17. The Hall–Kier alpha value is -5.38. The minimum atomic E-state index is 0.323. The first kappa shape index (κ1) is 20.0. The summed E-state index contributed by atoms with van der Waals surface area (Å²) in [6.45, 7) is 0. The molecule has 0 aliphatic rings. The molecule has 7 rings (SSSR count). The van der Waals surface area contributed by atoms with Crippen molar-refractivity contribution in [2.75, 3.05) is 0 Å². The number of fused-ring (bicyclic) bond motifs is 2. The van der Waals surface area contributed by atoms with Crippen LogP contribution in [0.3, 0.4) is 0 Å². The number of hydrogen-bond acceptors (Lipinski definition) is 10. The molecular formula is C26H14N8O2. The van der Waals surface area contributed by atoms with Gasteiger partial charge in [0.25, 0.3) is 11.8 Å². The lowest BCUT2D eigenvalue weighted by Crippen LogP contribution is -1.86. The van der Waals surface area contributed by atoms with Crippen molar-refractivity contribution >= 4 is 21.5 Å². The van der Waals surface area contributed by atoms with Crippen LogP contribution in [0.25, 0.3) is 67.6 Å². The van der Waals surface area contributed by atoms with Gasteiger partial charge in [0.05, 0.1) is 0 Å². The number of rotatable bonds is 4. The highest BCUT2D eigenvalue weighted by Crippen LogP contribution is 2.31. The predicted octanol–water partition coefficient (Wildman–Crippen LogP) is 5.01. The van der Waals surface area contributed by atoms with Crippen LogP contribution in [0.2, 0.25) is 0 Å². The lowest BCUT2D eigenvalue weighted by atomic mass is 10.1. The van der Waals surface area contributed by atoms with E-state index >= 15 is 0 Å². The summed E-state index contributed by atoms with van der Waals surface area (Å²) in [6, 6.07) is 15.0. The van der Waals surface area contributed by atoms with Crippen LogP contribution in [0.4, 0.5) is 0 Å². The monoisotopic (exact) mass is 470 g/mol. The second-order valence-electron chi connectivity index (χ2n) is 7.92. The zero-order valence-electron chi connectivity index (χ0n) is 18.5. The van der Waals surface area contributed by atoms with Gasteiger partial charge in [-0.2, -0.15) is 0 Å². The molecule has 0 atom stereocenters. The van der Waals surface area contributed by atoms with E-state index in [-0.39, 0.29) is 0 Å². The zero-order chi connectivity index (χ0) is 23.9. The molecule has 10 heteroatoms. The first-order chi connectivity index (χ1) is 17.8. The molecule has 0 radical (unpaired) electrons. The average Bonchev–Trinajstić information content (AvgIpc) is 3.63. The SMILES string of the molecule is c1cc(-c2nnc(-c3nccc4cnccc34)o2)cc(-c2nnc(-c3nccc4cnccc34)o2)c1. The van der Waals surface area contributed by atoms with E-state index in [0.717, 1.165) is 21.5 Å². The van der Waals surface area contributed by atoms with Crippen LogP contribution >= 0.6 is 0 Å². The Morgan fingerprint density at radius 2 is 1.00 bits per heavy atom. The fraction of sp³-hybridized carbons (Fsp3) is 0. The van der Waals surface area contributed by atoms with Gasteiger partial charge in [-0.1, -0.05) is 6.07 Å². The number of benzene rings is 1. The minimum absolute atomic E-state index is 0.323. The van der Waals surface area contributed by atoms with Gasteiger partial charge in [-0.15, -0.1) is 20.4 Å². The van der Waals surface area contributed by atoms with Crippen molar-refractivity contribution in [3.8, 4) is 46.1 Å². The molecular weight excluding hydrogens is 456 g/mol. The molecule has 0 spiro atoms. The van der Waals surface area contributed by atoms with E-state index in [1.165, 1.54) is 0 Å². The van der Waals surface area contributed by atoms with Gasteiger partial charge in [0, 0.05) is 69.9 Å². The standard InChI is InChI=1S/C26H14N8O2/c1-2-15(23-31-33-25(35-23)21-19-6-8-27-13-17(19)4-10-29-21)12-16(3-1)24-32-34-26(36-24)22-20-7-9-28-14-18(20)5-11-30-22/h1-14H. The van der Waals surface area contributed by atoms with Crippen molar-refractivity contribution in [2.45, 2.75) is 0 Å². The fourth-order valence-electron chi connectivity index (χ4n) is 4.03. The predicted molar refractivity (Wildman–Crippen MR) is 130 cm³/mol. The molecule has 0 fully saturated rings. The summed E-state index contributed by atoms with van der Waals surface area (Å²) >= 11 is 0. The highest BCUT2D eigenvalue weighted by atomic mass is 16.4. The Bertz CT molecular complexity index is 1730. The molecule has 0 saturated carbocycles. The van der Waals surface area contributed by atoms with Gasteiger partial charge in [0.2, 0.25) is 11.8 Å². The molecule has 36 heavy (non-hydrogen) atoms. The second kappa shape index (κ2) is 8.13. The summed E-state index contributed by atoms with van der Waals surface area (Å²) < 4.78 is 12.0. The summed E-state index contributed by atoms with van der Waals surface area (Å²) in [7, 11) is 0. The van der Waals surface area contributed by atoms with E-state index in [2.05, 4.69) is 40.3 Å². The van der Waals surface area contributed by atoms with Gasteiger partial charge < -0.3 is 8.83 Å². The lowest BCUT2D eigenvalue weighted by Gasteiger charge is -2.01. The minimum Gasteiger partial charge on any atom is -0.415 e. The highest BCUT2D eigenvalue weighted by molar-refractivity contribution is 5.92. The summed E-state index contributed by atoms with van der Waals surface area (Å²) in [5, 5.41) is 20.6. The molecule has 1 aromatic carbocycles. The van der Waals surface area contributed by atoms with Crippen molar-refractivity contribution in [2.24, 2.45) is 0 Å². The van der Waals surface area contributed by atoms with Crippen molar-refractivity contribution in [3.63, 3.8) is 0 Å². The molecule has 0 aliphatic carbocycles. The molecule has 6 aromatic heterocycles. The first-order valence-corrected chi connectivity index (χ1v) is 11.0. The van der Waals surface area contributed by atoms with E-state index in [1.54, 1.807) is 37.2 Å². The normalized spacial score (nSPS) is 11.3. The third kappa shape index (κ3) is 3.36. The van der Waals surface area contributed by atoms with Crippen LogP contribution in [0.1, 0.15) is 0 Å². The van der Waals surface area contributed by atoms with Gasteiger partial charge in [0.15, 0.2) is 0 Å². The quantitative estimate of drug-likeness (QED) is 0.346. The topological polar surface area (TPSA) is 129 Å². The van der Waals surface area contributed by atoms with Crippen LogP contribution in [-0.2, 0) is 0 Å². The maximum atomic E-state index is 5.99. The maximum absolute atomic E-state index is 5.99. The van der Waals surface area contributed by atoms with Gasteiger partial charge in [0.1, 0.15) is 11.4 Å². The largest absolute Gasteiger partial charge is 0.415 e. The third-order valence-corrected chi connectivity index (χ3v) is 5.74. The lowest BCUT2D eigenvalue weighted by molar-refractivity contribution is 0.581. The number of pyridine rings is 4. The van der Waals surface area contributed by atoms with E-state index in [0.29, 0.717) is 46.1 Å². The van der Waals surface area contributed by atoms with Crippen molar-refractivity contribution in [3.05, 3.63) is 85.7 Å². The Kier molecular flexibility index (Phi) is 4.53. The summed E-state index contributed by atoms with van der Waals surface area (Å²) in [5.74, 6) is 1.35. The Balaban J connectivity index is 1.24. The Labute approximate surface area is 202 Å². The van der Waals surface area contributed by atoms with E-state index in [9.17, 15) is 0 Å². The van der Waals surface area contributed by atoms with Crippen molar-refractivity contribution in [1.29, 1.82) is 0 Å². The zero-order valence-corrected chi connectivity index (χ0v) is 18.5. The summed E-state index contributed by atoms with van der Waals surface area (Å²) in [5.41, 5.74) is 2.62. The molecule has 0 amide bonds. The molecule has 0 aliphatic heterocycles. The number of nitrogens with zero attached hydrogens (tertiary/aromatic N) is 8. The third-order valence-electron chi connectivity index (χ3n) is 5.74. The van der Waals surface area contributed by atoms with Crippen LogP contribution in [0.5, 0.6) is 0 Å². The van der Waals surface area contributed by atoms with E-state index in [1.807, 2.05) is 48.5 Å². The van der Waals surface area contributed by atoms with Gasteiger partial charge in [-0.05, 0) is 42.5 Å². The fourth-order valence-corrected chi connectivity index (χ4v) is 4.03. The molecule has 0 bridgehead atoms. The van der Waals surface area contributed by atoms with E-state index < -0.39 is 0 Å². The van der Waals surface area contributed by atoms with Gasteiger partial charge in [-0.3, -0.25) is 19.9 Å². The number of hydrogen-bond donors (Lipinski definition) is 0. The van der Waals surface area contributed by atoms with Crippen molar-refractivity contribution < 1.29 is 8.83 Å². The summed E-state index contributed by atoms with van der Waals surface area (Å²) in [4.78, 5) is 17.2. The van der Waals surface area contributed by atoms with Crippen molar-refractivity contribution in [1.82, 2.24) is 40.3 Å². The van der Waals surface area contributed by atoms with Crippen LogP contribution in [0, 0.1) is 0 Å². The average molecular weight is 470 g/mol. The Morgan fingerprint density at radius 3 is 1.53 bits per heavy atom. The van der Waals surface area contributed by atoms with Gasteiger partial charge in [-0.25, -0.2) is 0 Å². The summed E-state index contributed by atoms with van der Waals surface area (Å²) in [6.07, 6.45) is 10.3. The van der Waals surface area contributed by atoms with Crippen LogP contribution in [-0.4, -0.2) is 40.3 Å².